The van der Waals surface area contributed by atoms with E-state index < -0.39 is 0 Å². The molecule has 0 amide bonds. The molecule has 0 saturated carbocycles. The lowest BCUT2D eigenvalue weighted by Gasteiger charge is -1.98. The van der Waals surface area contributed by atoms with Crippen molar-refractivity contribution in [2.75, 3.05) is 11.5 Å². The first-order valence-corrected chi connectivity index (χ1v) is 5.83. The zero-order valence-corrected chi connectivity index (χ0v) is 9.45. The lowest BCUT2D eigenvalue weighted by molar-refractivity contribution is 1.14. The third-order valence-electron chi connectivity index (χ3n) is 1.31. The molecule has 70 valence electrons. The maximum Gasteiger partial charge on any atom is 0.115 e. The fourth-order valence-corrected chi connectivity index (χ4v) is 1.91. The predicted molar refractivity (Wildman–Crippen MR) is 63.0 cm³/mol. The normalized spacial score (nSPS) is 10.9. The van der Waals surface area contributed by atoms with Gasteiger partial charge in [-0.05, 0) is 12.1 Å². The smallest absolute Gasteiger partial charge is 0.115 e. The van der Waals surface area contributed by atoms with Crippen LogP contribution >= 0.6 is 36.0 Å². The molecule has 1 rings (SSSR count). The molecule has 0 aliphatic carbocycles. The molecule has 0 aromatic carbocycles. The largest absolute Gasteiger partial charge is 0.248 e. The van der Waals surface area contributed by atoms with Gasteiger partial charge < -0.3 is 0 Å². The summed E-state index contributed by atoms with van der Waals surface area (Å²) in [5, 5.41) is 1.60. The molecule has 0 unspecified atom stereocenters. The van der Waals surface area contributed by atoms with E-state index in [0.29, 0.717) is 5.02 Å². The van der Waals surface area contributed by atoms with Gasteiger partial charge in [-0.2, -0.15) is 12.6 Å². The molecular weight excluding hydrogens is 222 g/mol. The summed E-state index contributed by atoms with van der Waals surface area (Å²) in [4.78, 5) is 4.15. The number of nitrogens with zero attached hydrogens (tertiary/aromatic N) is 1. The van der Waals surface area contributed by atoms with Crippen molar-refractivity contribution in [3.8, 4) is 0 Å². The summed E-state index contributed by atoms with van der Waals surface area (Å²) >= 11 is 11.6. The molecule has 1 aromatic rings. The van der Waals surface area contributed by atoms with Gasteiger partial charge in [0, 0.05) is 17.7 Å². The maximum atomic E-state index is 5.91. The number of thioether (sulfide) groups is 1. The Labute approximate surface area is 93.0 Å². The van der Waals surface area contributed by atoms with Crippen LogP contribution < -0.4 is 0 Å². The molecule has 13 heavy (non-hydrogen) atoms. The lowest BCUT2D eigenvalue weighted by atomic mass is 10.5. The Hall–Kier alpha value is -0.120. The number of rotatable bonds is 4. The van der Waals surface area contributed by atoms with Gasteiger partial charge in [0.1, 0.15) is 5.03 Å². The summed E-state index contributed by atoms with van der Waals surface area (Å²) in [5.41, 5.74) is 0. The number of aromatic nitrogens is 1. The first-order chi connectivity index (χ1) is 6.34. The van der Waals surface area contributed by atoms with Crippen molar-refractivity contribution >= 4 is 36.0 Å². The highest BCUT2D eigenvalue weighted by Crippen LogP contribution is 2.23. The fraction of sp³-hybridized carbons (Fsp3) is 0.222. The minimum absolute atomic E-state index is 0.715. The summed E-state index contributed by atoms with van der Waals surface area (Å²) in [6.45, 7) is 0. The van der Waals surface area contributed by atoms with Gasteiger partial charge in [0.15, 0.2) is 0 Å². The molecule has 0 aliphatic rings. The number of thiol groups is 1. The van der Waals surface area contributed by atoms with Gasteiger partial charge in [-0.3, -0.25) is 0 Å². The van der Waals surface area contributed by atoms with Crippen molar-refractivity contribution in [2.24, 2.45) is 0 Å². The van der Waals surface area contributed by atoms with E-state index in [1.54, 1.807) is 18.0 Å². The highest BCUT2D eigenvalue weighted by atomic mass is 35.5. The van der Waals surface area contributed by atoms with Crippen LogP contribution in [0.25, 0.3) is 0 Å². The first kappa shape index (κ1) is 11.0. The molecular formula is C9H10ClNS2. The Kier molecular flexibility index (Phi) is 5.35. The van der Waals surface area contributed by atoms with Crippen LogP contribution in [0.2, 0.25) is 5.02 Å². The van der Waals surface area contributed by atoms with Gasteiger partial charge in [0.2, 0.25) is 0 Å². The Balaban J connectivity index is 2.45. The van der Waals surface area contributed by atoms with E-state index in [4.69, 9.17) is 11.6 Å². The summed E-state index contributed by atoms with van der Waals surface area (Å²) in [6, 6.07) is 3.68. The molecule has 1 heterocycles. The standard InChI is InChI=1S/C9H10ClNS2/c10-8-4-3-5-11-9(8)13-7-2-1-6-12/h1-5,12H,6-7H2. The predicted octanol–water partition coefficient (Wildman–Crippen LogP) is 3.31. The van der Waals surface area contributed by atoms with Crippen LogP contribution in [0.4, 0.5) is 0 Å². The molecule has 0 bridgehead atoms. The van der Waals surface area contributed by atoms with Crippen LogP contribution in [0.1, 0.15) is 0 Å². The van der Waals surface area contributed by atoms with Crippen LogP contribution in [0.5, 0.6) is 0 Å². The SMILES string of the molecule is SCC=CCSc1ncccc1Cl. The summed E-state index contributed by atoms with van der Waals surface area (Å²) in [5.74, 6) is 1.66. The Morgan fingerprint density at radius 2 is 2.38 bits per heavy atom. The van der Waals surface area contributed by atoms with E-state index in [-0.39, 0.29) is 0 Å². The second kappa shape index (κ2) is 6.35. The monoisotopic (exact) mass is 231 g/mol. The van der Waals surface area contributed by atoms with Gasteiger partial charge in [-0.15, -0.1) is 11.8 Å². The number of halogens is 1. The maximum absolute atomic E-state index is 5.91. The second-order valence-corrected chi connectivity index (χ2v) is 4.04. The van der Waals surface area contributed by atoms with Crippen molar-refractivity contribution < 1.29 is 0 Å². The third kappa shape index (κ3) is 4.07. The van der Waals surface area contributed by atoms with Crippen LogP contribution in [-0.4, -0.2) is 16.5 Å². The average molecular weight is 232 g/mol. The van der Waals surface area contributed by atoms with Gasteiger partial charge in [-0.1, -0.05) is 23.8 Å². The Morgan fingerprint density at radius 1 is 1.54 bits per heavy atom. The van der Waals surface area contributed by atoms with Crippen LogP contribution in [0, 0.1) is 0 Å². The van der Waals surface area contributed by atoms with E-state index in [9.17, 15) is 0 Å². The van der Waals surface area contributed by atoms with E-state index in [0.717, 1.165) is 16.5 Å². The molecule has 0 radical (unpaired) electrons. The van der Waals surface area contributed by atoms with Gasteiger partial charge >= 0.3 is 0 Å². The molecule has 0 aliphatic heterocycles. The zero-order valence-electron chi connectivity index (χ0n) is 6.98. The quantitative estimate of drug-likeness (QED) is 0.485. The van der Waals surface area contributed by atoms with Gasteiger partial charge in [0.25, 0.3) is 0 Å². The van der Waals surface area contributed by atoms with E-state index in [2.05, 4.69) is 23.7 Å². The fourth-order valence-electron chi connectivity index (χ4n) is 0.747. The highest BCUT2D eigenvalue weighted by Gasteiger charge is 1.98. The van der Waals surface area contributed by atoms with Crippen molar-refractivity contribution in [2.45, 2.75) is 5.03 Å². The lowest BCUT2D eigenvalue weighted by Crippen LogP contribution is -1.81. The molecule has 1 aromatic heterocycles. The van der Waals surface area contributed by atoms with E-state index in [1.165, 1.54) is 0 Å². The van der Waals surface area contributed by atoms with Crippen LogP contribution in [0.15, 0.2) is 35.5 Å². The molecule has 1 nitrogen and oxygen atoms in total. The molecule has 0 N–H and O–H groups in total. The van der Waals surface area contributed by atoms with Crippen molar-refractivity contribution in [3.05, 3.63) is 35.5 Å². The number of hydrogen-bond donors (Lipinski definition) is 1. The Bertz CT molecular complexity index is 289. The third-order valence-corrected chi connectivity index (χ3v) is 2.90. The molecule has 0 spiro atoms. The van der Waals surface area contributed by atoms with Gasteiger partial charge in [-0.25, -0.2) is 4.98 Å². The highest BCUT2D eigenvalue weighted by molar-refractivity contribution is 7.99. The summed E-state index contributed by atoms with van der Waals surface area (Å²) in [7, 11) is 0. The van der Waals surface area contributed by atoms with Crippen molar-refractivity contribution in [1.82, 2.24) is 4.98 Å². The topological polar surface area (TPSA) is 12.9 Å². The van der Waals surface area contributed by atoms with Crippen LogP contribution in [-0.2, 0) is 0 Å². The number of pyridine rings is 1. The summed E-state index contributed by atoms with van der Waals surface area (Å²) < 4.78 is 0. The van der Waals surface area contributed by atoms with Gasteiger partial charge in [0.05, 0.1) is 5.02 Å². The minimum atomic E-state index is 0.715. The molecule has 0 fully saturated rings. The molecule has 0 saturated heterocycles. The van der Waals surface area contributed by atoms with E-state index in [1.807, 2.05) is 18.2 Å². The van der Waals surface area contributed by atoms with E-state index >= 15 is 0 Å². The minimum Gasteiger partial charge on any atom is -0.248 e. The number of hydrogen-bond acceptors (Lipinski definition) is 3. The molecule has 0 atom stereocenters. The summed E-state index contributed by atoms with van der Waals surface area (Å²) in [6.07, 6.45) is 5.81. The molecule has 4 heteroatoms. The Morgan fingerprint density at radius 3 is 3.08 bits per heavy atom. The second-order valence-electron chi connectivity index (χ2n) is 2.26. The van der Waals surface area contributed by atoms with Crippen molar-refractivity contribution in [1.29, 1.82) is 0 Å². The average Bonchev–Trinajstić information content (AvgIpc) is 2.15. The zero-order chi connectivity index (χ0) is 9.52. The van der Waals surface area contributed by atoms with Crippen LogP contribution in [0.3, 0.4) is 0 Å². The van der Waals surface area contributed by atoms with Crippen molar-refractivity contribution in [3.63, 3.8) is 0 Å². The first-order valence-electron chi connectivity index (χ1n) is 3.83.